The van der Waals surface area contributed by atoms with E-state index >= 15 is 0 Å². The molecule has 80 valence electrons. The second-order valence-corrected chi connectivity index (χ2v) is 3.22. The van der Waals surface area contributed by atoms with E-state index in [1.54, 1.807) is 11.9 Å². The molecule has 0 spiro atoms. The minimum Gasteiger partial charge on any atom is -0.365 e. The summed E-state index contributed by atoms with van der Waals surface area (Å²) in [5.41, 5.74) is 5.12. The molecule has 1 heterocycles. The van der Waals surface area contributed by atoms with Crippen molar-refractivity contribution in [2.75, 3.05) is 33.3 Å². The zero-order chi connectivity index (χ0) is 10.6. The Hall–Kier alpha value is -1.14. The fourth-order valence-corrected chi connectivity index (χ4v) is 1.18. The lowest BCUT2D eigenvalue weighted by atomic mass is 10.3. The molecule has 1 aliphatic rings. The van der Waals surface area contributed by atoms with Crippen LogP contribution in [0.1, 0.15) is 0 Å². The zero-order valence-corrected chi connectivity index (χ0v) is 8.16. The van der Waals surface area contributed by atoms with Gasteiger partial charge in [0.1, 0.15) is 6.61 Å². The maximum Gasteiger partial charge on any atom is 0.248 e. The molecule has 14 heavy (non-hydrogen) atoms. The molecule has 1 aliphatic heterocycles. The van der Waals surface area contributed by atoms with Crippen LogP contribution in [-0.2, 0) is 14.3 Å². The minimum atomic E-state index is -0.215. The van der Waals surface area contributed by atoms with E-state index in [2.05, 4.69) is 5.32 Å². The highest BCUT2D eigenvalue weighted by Gasteiger charge is 2.23. The van der Waals surface area contributed by atoms with Gasteiger partial charge in [-0.05, 0) is 0 Å². The van der Waals surface area contributed by atoms with Crippen molar-refractivity contribution in [2.24, 2.45) is 5.73 Å². The van der Waals surface area contributed by atoms with Crippen LogP contribution in [0.25, 0.3) is 0 Å². The number of hydrogen-bond acceptors (Lipinski definition) is 4. The van der Waals surface area contributed by atoms with Crippen LogP contribution in [0.15, 0.2) is 0 Å². The minimum absolute atomic E-state index is 0.0263. The summed E-state index contributed by atoms with van der Waals surface area (Å²) in [6.45, 7) is 0.957. The Balaban J connectivity index is 2.26. The molecule has 1 unspecified atom stereocenters. The van der Waals surface area contributed by atoms with Crippen molar-refractivity contribution in [2.45, 2.75) is 6.10 Å². The molecule has 6 nitrogen and oxygen atoms in total. The van der Waals surface area contributed by atoms with Crippen LogP contribution in [-0.4, -0.2) is 56.1 Å². The van der Waals surface area contributed by atoms with Crippen molar-refractivity contribution < 1.29 is 14.3 Å². The number of rotatable bonds is 3. The van der Waals surface area contributed by atoms with E-state index in [4.69, 9.17) is 10.5 Å². The highest BCUT2D eigenvalue weighted by molar-refractivity contribution is 5.78. The largest absolute Gasteiger partial charge is 0.365 e. The fourth-order valence-electron chi connectivity index (χ4n) is 1.18. The van der Waals surface area contributed by atoms with E-state index in [0.717, 1.165) is 0 Å². The summed E-state index contributed by atoms with van der Waals surface area (Å²) in [4.78, 5) is 23.4. The van der Waals surface area contributed by atoms with Crippen molar-refractivity contribution in [1.29, 1.82) is 0 Å². The number of nitrogens with two attached hydrogens (primary N) is 1. The van der Waals surface area contributed by atoms with Gasteiger partial charge in [-0.25, -0.2) is 0 Å². The molecule has 0 aromatic rings. The molecule has 1 saturated heterocycles. The summed E-state index contributed by atoms with van der Waals surface area (Å²) in [7, 11) is 1.71. The third-order valence-corrected chi connectivity index (χ3v) is 2.06. The molecule has 0 aliphatic carbocycles. The Morgan fingerprint density at radius 2 is 2.50 bits per heavy atom. The Morgan fingerprint density at radius 1 is 1.79 bits per heavy atom. The van der Waals surface area contributed by atoms with Crippen molar-refractivity contribution in [3.05, 3.63) is 0 Å². The Morgan fingerprint density at radius 3 is 3.07 bits per heavy atom. The molecule has 6 heteroatoms. The fraction of sp³-hybridized carbons (Fsp3) is 0.750. The van der Waals surface area contributed by atoms with Crippen LogP contribution < -0.4 is 11.1 Å². The summed E-state index contributed by atoms with van der Waals surface area (Å²) in [6, 6.07) is 0. The standard InChI is InChI=1S/C8H15N3O3/c1-11-4-6(14-5-8(11)13)3-10-7(12)2-9/h6H,2-5,9H2,1H3,(H,10,12). The molecule has 1 atom stereocenters. The van der Waals surface area contributed by atoms with Gasteiger partial charge < -0.3 is 20.7 Å². The average Bonchev–Trinajstić information content (AvgIpc) is 2.19. The van der Waals surface area contributed by atoms with Gasteiger partial charge >= 0.3 is 0 Å². The lowest BCUT2D eigenvalue weighted by molar-refractivity contribution is -0.146. The second kappa shape index (κ2) is 4.92. The first-order valence-corrected chi connectivity index (χ1v) is 4.46. The first-order valence-electron chi connectivity index (χ1n) is 4.46. The molecule has 0 radical (unpaired) electrons. The highest BCUT2D eigenvalue weighted by Crippen LogP contribution is 2.02. The van der Waals surface area contributed by atoms with Gasteiger partial charge in [0, 0.05) is 20.1 Å². The second-order valence-electron chi connectivity index (χ2n) is 3.22. The van der Waals surface area contributed by atoms with E-state index in [-0.39, 0.29) is 31.1 Å². The van der Waals surface area contributed by atoms with E-state index in [0.29, 0.717) is 13.1 Å². The normalized spacial score (nSPS) is 22.3. The molecule has 0 bridgehead atoms. The topological polar surface area (TPSA) is 84.7 Å². The van der Waals surface area contributed by atoms with E-state index in [1.165, 1.54) is 0 Å². The molecule has 1 fully saturated rings. The lowest BCUT2D eigenvalue weighted by Gasteiger charge is -2.29. The van der Waals surface area contributed by atoms with Crippen LogP contribution in [0.3, 0.4) is 0 Å². The number of likely N-dealkylation sites (N-methyl/N-ethyl adjacent to an activating group) is 1. The molecular formula is C8H15N3O3. The number of carbonyl (C=O) groups is 2. The highest BCUT2D eigenvalue weighted by atomic mass is 16.5. The smallest absolute Gasteiger partial charge is 0.248 e. The number of nitrogens with one attached hydrogen (secondary N) is 1. The lowest BCUT2D eigenvalue weighted by Crippen LogP contribution is -2.49. The van der Waals surface area contributed by atoms with Gasteiger partial charge in [-0.1, -0.05) is 0 Å². The Kier molecular flexibility index (Phi) is 3.84. The van der Waals surface area contributed by atoms with Gasteiger partial charge in [0.05, 0.1) is 12.6 Å². The van der Waals surface area contributed by atoms with Crippen LogP contribution in [0.4, 0.5) is 0 Å². The summed E-state index contributed by atoms with van der Waals surface area (Å²) < 4.78 is 5.21. The SMILES string of the molecule is CN1CC(CNC(=O)CN)OCC1=O. The molecular weight excluding hydrogens is 186 g/mol. The van der Waals surface area contributed by atoms with E-state index < -0.39 is 0 Å². The van der Waals surface area contributed by atoms with Gasteiger partial charge in [-0.3, -0.25) is 9.59 Å². The third kappa shape index (κ3) is 2.97. The van der Waals surface area contributed by atoms with Crippen LogP contribution in [0.5, 0.6) is 0 Å². The van der Waals surface area contributed by atoms with Gasteiger partial charge in [-0.2, -0.15) is 0 Å². The van der Waals surface area contributed by atoms with Crippen LogP contribution >= 0.6 is 0 Å². The van der Waals surface area contributed by atoms with Crippen LogP contribution in [0.2, 0.25) is 0 Å². The van der Waals surface area contributed by atoms with E-state index in [1.807, 2.05) is 0 Å². The number of hydrogen-bond donors (Lipinski definition) is 2. The quantitative estimate of drug-likeness (QED) is 0.549. The van der Waals surface area contributed by atoms with Crippen molar-refractivity contribution in [3.63, 3.8) is 0 Å². The Bertz CT molecular complexity index is 232. The number of carbonyl (C=O) groups excluding carboxylic acids is 2. The van der Waals surface area contributed by atoms with Crippen molar-refractivity contribution >= 4 is 11.8 Å². The monoisotopic (exact) mass is 201 g/mol. The third-order valence-electron chi connectivity index (χ3n) is 2.06. The molecule has 0 aromatic heterocycles. The van der Waals surface area contributed by atoms with Gasteiger partial charge in [0.25, 0.3) is 0 Å². The van der Waals surface area contributed by atoms with E-state index in [9.17, 15) is 9.59 Å². The van der Waals surface area contributed by atoms with Gasteiger partial charge in [-0.15, -0.1) is 0 Å². The number of morpholine rings is 1. The number of nitrogens with zero attached hydrogens (tertiary/aromatic N) is 1. The molecule has 2 amide bonds. The molecule has 0 saturated carbocycles. The van der Waals surface area contributed by atoms with Gasteiger partial charge in [0.2, 0.25) is 11.8 Å². The predicted molar refractivity (Wildman–Crippen MR) is 49.4 cm³/mol. The number of amides is 2. The van der Waals surface area contributed by atoms with Crippen molar-refractivity contribution in [1.82, 2.24) is 10.2 Å². The summed E-state index contributed by atoms with van der Waals surface area (Å²) in [6.07, 6.45) is -0.131. The van der Waals surface area contributed by atoms with Crippen molar-refractivity contribution in [3.8, 4) is 0 Å². The summed E-state index contributed by atoms with van der Waals surface area (Å²) >= 11 is 0. The predicted octanol–water partition coefficient (Wildman–Crippen LogP) is -2.08. The maximum atomic E-state index is 11.0. The summed E-state index contributed by atoms with van der Waals surface area (Å²) in [5.74, 6) is -0.250. The zero-order valence-electron chi connectivity index (χ0n) is 8.16. The number of ether oxygens (including phenoxy) is 1. The molecule has 0 aromatic carbocycles. The average molecular weight is 201 g/mol. The summed E-state index contributed by atoms with van der Waals surface area (Å²) in [5, 5.41) is 2.61. The molecule has 1 rings (SSSR count). The first kappa shape index (κ1) is 10.9. The maximum absolute atomic E-state index is 11.0. The van der Waals surface area contributed by atoms with Gasteiger partial charge in [0.15, 0.2) is 0 Å². The Labute approximate surface area is 82.4 Å². The molecule has 3 N–H and O–H groups in total. The first-order chi connectivity index (χ1) is 6.63. The van der Waals surface area contributed by atoms with Crippen LogP contribution in [0, 0.1) is 0 Å².